The van der Waals surface area contributed by atoms with Gasteiger partial charge in [-0.1, -0.05) is 30.3 Å². The Morgan fingerprint density at radius 2 is 1.96 bits per heavy atom. The van der Waals surface area contributed by atoms with Crippen LogP contribution in [0.25, 0.3) is 11.3 Å². The third-order valence-corrected chi connectivity index (χ3v) is 4.67. The topological polar surface area (TPSA) is 48.1 Å². The van der Waals surface area contributed by atoms with Gasteiger partial charge in [0, 0.05) is 10.9 Å². The molecule has 0 aliphatic rings. The Morgan fingerprint density at radius 3 is 2.61 bits per heavy atom. The van der Waals surface area contributed by atoms with Gasteiger partial charge in [-0.2, -0.15) is 0 Å². The van der Waals surface area contributed by atoms with Gasteiger partial charge in [-0.3, -0.25) is 0 Å². The average molecular weight is 324 g/mol. The highest BCUT2D eigenvalue weighted by molar-refractivity contribution is 7.10. The summed E-state index contributed by atoms with van der Waals surface area (Å²) in [6, 6.07) is 16.3. The van der Waals surface area contributed by atoms with Crippen LogP contribution in [0.15, 0.2) is 53.9 Å². The van der Waals surface area contributed by atoms with Crippen LogP contribution < -0.4 is 10.5 Å². The van der Waals surface area contributed by atoms with Crippen molar-refractivity contribution in [3.8, 4) is 17.0 Å². The predicted molar refractivity (Wildman–Crippen MR) is 95.7 cm³/mol. The molecule has 0 aliphatic heterocycles. The lowest BCUT2D eigenvalue weighted by molar-refractivity contribution is 0.304. The number of ether oxygens (including phenoxy) is 1. The highest BCUT2D eigenvalue weighted by Gasteiger charge is 2.09. The second-order valence-corrected chi connectivity index (χ2v) is 6.50. The fraction of sp³-hybridized carbons (Fsp3) is 0.211. The Balaban J connectivity index is 1.75. The number of aryl methyl sites for hydroxylation is 1. The Labute approximate surface area is 140 Å². The molecule has 0 spiro atoms. The lowest BCUT2D eigenvalue weighted by atomic mass is 10.1. The van der Waals surface area contributed by atoms with Crippen molar-refractivity contribution in [2.45, 2.75) is 26.5 Å². The van der Waals surface area contributed by atoms with Gasteiger partial charge in [-0.05, 0) is 43.2 Å². The Kier molecular flexibility index (Phi) is 4.74. The first-order chi connectivity index (χ1) is 11.1. The molecule has 0 fully saturated rings. The van der Waals surface area contributed by atoms with E-state index in [9.17, 15) is 0 Å². The minimum Gasteiger partial charge on any atom is -0.489 e. The Bertz CT molecular complexity index is 781. The van der Waals surface area contributed by atoms with E-state index in [1.807, 2.05) is 37.3 Å². The first kappa shape index (κ1) is 15.7. The van der Waals surface area contributed by atoms with Gasteiger partial charge < -0.3 is 10.5 Å². The van der Waals surface area contributed by atoms with Gasteiger partial charge in [-0.25, -0.2) is 4.98 Å². The number of aromatic nitrogens is 1. The fourth-order valence-corrected chi connectivity index (χ4v) is 3.12. The molecule has 1 atom stereocenters. The van der Waals surface area contributed by atoms with E-state index in [-0.39, 0.29) is 6.04 Å². The molecule has 118 valence electrons. The molecule has 2 aromatic carbocycles. The lowest BCUT2D eigenvalue weighted by Gasteiger charge is -2.10. The average Bonchev–Trinajstić information content (AvgIpc) is 3.05. The normalized spacial score (nSPS) is 12.1. The van der Waals surface area contributed by atoms with E-state index in [0.717, 1.165) is 33.1 Å². The molecule has 0 bridgehead atoms. The van der Waals surface area contributed by atoms with E-state index in [2.05, 4.69) is 35.5 Å². The van der Waals surface area contributed by atoms with Crippen LogP contribution in [0.2, 0.25) is 0 Å². The van der Waals surface area contributed by atoms with Crippen molar-refractivity contribution >= 4 is 11.3 Å². The molecule has 3 rings (SSSR count). The van der Waals surface area contributed by atoms with E-state index in [4.69, 9.17) is 10.5 Å². The van der Waals surface area contributed by atoms with Gasteiger partial charge in [0.2, 0.25) is 0 Å². The van der Waals surface area contributed by atoms with Crippen LogP contribution in [0.5, 0.6) is 5.75 Å². The van der Waals surface area contributed by atoms with Crippen LogP contribution in [-0.2, 0) is 6.61 Å². The Hall–Kier alpha value is -2.17. The van der Waals surface area contributed by atoms with Gasteiger partial charge in [0.15, 0.2) is 0 Å². The number of thiazole rings is 1. The van der Waals surface area contributed by atoms with E-state index in [1.54, 1.807) is 11.3 Å². The number of rotatable bonds is 5. The number of benzene rings is 2. The zero-order valence-corrected chi connectivity index (χ0v) is 14.1. The zero-order chi connectivity index (χ0) is 16.2. The van der Waals surface area contributed by atoms with Crippen molar-refractivity contribution in [3.63, 3.8) is 0 Å². The summed E-state index contributed by atoms with van der Waals surface area (Å²) in [4.78, 5) is 4.60. The molecule has 3 nitrogen and oxygen atoms in total. The van der Waals surface area contributed by atoms with E-state index in [0.29, 0.717) is 6.61 Å². The molecule has 0 amide bonds. The molecule has 1 unspecified atom stereocenters. The maximum atomic E-state index is 5.92. The second kappa shape index (κ2) is 6.94. The van der Waals surface area contributed by atoms with Crippen LogP contribution in [0.4, 0.5) is 0 Å². The largest absolute Gasteiger partial charge is 0.489 e. The Morgan fingerprint density at radius 1 is 1.17 bits per heavy atom. The monoisotopic (exact) mass is 324 g/mol. The van der Waals surface area contributed by atoms with E-state index in [1.165, 1.54) is 0 Å². The third kappa shape index (κ3) is 3.78. The summed E-state index contributed by atoms with van der Waals surface area (Å²) < 4.78 is 5.92. The molecule has 0 aliphatic carbocycles. The molecule has 4 heteroatoms. The fourth-order valence-electron chi connectivity index (χ4n) is 2.34. The summed E-state index contributed by atoms with van der Waals surface area (Å²) in [5, 5.41) is 3.01. The molecule has 1 heterocycles. The molecular weight excluding hydrogens is 304 g/mol. The first-order valence-electron chi connectivity index (χ1n) is 7.62. The molecule has 23 heavy (non-hydrogen) atoms. The summed E-state index contributed by atoms with van der Waals surface area (Å²) in [6.45, 7) is 4.59. The summed E-state index contributed by atoms with van der Waals surface area (Å²) in [5.74, 6) is 0.903. The van der Waals surface area contributed by atoms with Crippen molar-refractivity contribution in [1.82, 2.24) is 4.98 Å². The number of hydrogen-bond donors (Lipinski definition) is 1. The van der Waals surface area contributed by atoms with Crippen LogP contribution in [-0.4, -0.2) is 4.98 Å². The molecule has 0 saturated carbocycles. The van der Waals surface area contributed by atoms with Crippen molar-refractivity contribution < 1.29 is 4.74 Å². The number of nitrogens with two attached hydrogens (primary N) is 1. The van der Waals surface area contributed by atoms with Crippen molar-refractivity contribution in [1.29, 1.82) is 0 Å². The van der Waals surface area contributed by atoms with E-state index < -0.39 is 0 Å². The smallest absolute Gasteiger partial charge is 0.122 e. The highest BCUT2D eigenvalue weighted by Crippen LogP contribution is 2.29. The standard InChI is InChI=1S/C19H20N2OS/c1-13-10-16(17-12-23-19(21-17)14(2)20)8-9-18(13)22-11-15-6-4-3-5-7-15/h3-10,12,14H,11,20H2,1-2H3. The van der Waals surface area contributed by atoms with Crippen molar-refractivity contribution in [2.75, 3.05) is 0 Å². The van der Waals surface area contributed by atoms with Gasteiger partial charge in [0.25, 0.3) is 0 Å². The molecule has 0 saturated heterocycles. The van der Waals surface area contributed by atoms with Crippen LogP contribution in [0.1, 0.15) is 29.1 Å². The van der Waals surface area contributed by atoms with Crippen LogP contribution >= 0.6 is 11.3 Å². The van der Waals surface area contributed by atoms with Gasteiger partial charge >= 0.3 is 0 Å². The van der Waals surface area contributed by atoms with Gasteiger partial charge in [0.1, 0.15) is 17.4 Å². The second-order valence-electron chi connectivity index (χ2n) is 5.61. The molecule has 3 aromatic rings. The van der Waals surface area contributed by atoms with Crippen molar-refractivity contribution in [3.05, 3.63) is 70.0 Å². The number of nitrogens with zero attached hydrogens (tertiary/aromatic N) is 1. The van der Waals surface area contributed by atoms with Gasteiger partial charge in [0.05, 0.1) is 11.7 Å². The predicted octanol–water partition coefficient (Wildman–Crippen LogP) is 4.72. The lowest BCUT2D eigenvalue weighted by Crippen LogP contribution is -2.03. The maximum Gasteiger partial charge on any atom is 0.122 e. The third-order valence-electron chi connectivity index (χ3n) is 3.62. The van der Waals surface area contributed by atoms with Crippen molar-refractivity contribution in [2.24, 2.45) is 5.73 Å². The molecule has 2 N–H and O–H groups in total. The SMILES string of the molecule is Cc1cc(-c2csc(C(C)N)n2)ccc1OCc1ccccc1. The van der Waals surface area contributed by atoms with E-state index >= 15 is 0 Å². The van der Waals surface area contributed by atoms with Crippen LogP contribution in [0.3, 0.4) is 0 Å². The number of hydrogen-bond acceptors (Lipinski definition) is 4. The summed E-state index contributed by atoms with van der Waals surface area (Å²) in [6.07, 6.45) is 0. The molecular formula is C19H20N2OS. The quantitative estimate of drug-likeness (QED) is 0.739. The first-order valence-corrected chi connectivity index (χ1v) is 8.50. The summed E-state index contributed by atoms with van der Waals surface area (Å²) in [5.41, 5.74) is 10.2. The molecule has 1 aromatic heterocycles. The molecule has 0 radical (unpaired) electrons. The summed E-state index contributed by atoms with van der Waals surface area (Å²) >= 11 is 1.60. The maximum absolute atomic E-state index is 5.92. The minimum atomic E-state index is -0.0247. The minimum absolute atomic E-state index is 0.0247. The zero-order valence-electron chi connectivity index (χ0n) is 13.3. The summed E-state index contributed by atoms with van der Waals surface area (Å²) in [7, 11) is 0. The highest BCUT2D eigenvalue weighted by atomic mass is 32.1. The van der Waals surface area contributed by atoms with Crippen LogP contribution in [0, 0.1) is 6.92 Å². The van der Waals surface area contributed by atoms with Gasteiger partial charge in [-0.15, -0.1) is 11.3 Å².